The van der Waals surface area contributed by atoms with Crippen LogP contribution in [0.5, 0.6) is 0 Å². The number of carbonyl (C=O) groups excluding carboxylic acids is 3. The Labute approximate surface area is 269 Å². The van der Waals surface area contributed by atoms with Crippen molar-refractivity contribution in [3.05, 3.63) is 83.6 Å². The van der Waals surface area contributed by atoms with E-state index in [2.05, 4.69) is 55.0 Å². The molecule has 2 saturated carbocycles. The number of hydrogen-bond donors (Lipinski definition) is 2. The molecule has 8 nitrogen and oxygen atoms in total. The molecule has 0 atom stereocenters. The molecule has 2 aliphatic carbocycles. The van der Waals surface area contributed by atoms with E-state index in [0.29, 0.717) is 30.0 Å². The number of carbonyl (C=O) groups is 3. The Hall–Kier alpha value is -4.59. The van der Waals surface area contributed by atoms with Crippen LogP contribution in [0.3, 0.4) is 0 Å². The lowest BCUT2D eigenvalue weighted by Crippen LogP contribution is -2.55. The molecule has 0 unspecified atom stereocenters. The second-order valence-electron chi connectivity index (χ2n) is 13.1. The molecule has 4 aromatic rings. The molecule has 0 saturated heterocycles. The van der Waals surface area contributed by atoms with Crippen molar-refractivity contribution in [2.45, 2.75) is 88.8 Å². The number of amides is 2. The van der Waals surface area contributed by atoms with E-state index in [1.165, 1.54) is 67.6 Å². The van der Waals surface area contributed by atoms with Crippen molar-refractivity contribution in [1.82, 2.24) is 14.5 Å². The van der Waals surface area contributed by atoms with Crippen molar-refractivity contribution in [2.75, 3.05) is 12.4 Å². The minimum absolute atomic E-state index is 0.200. The zero-order chi connectivity index (χ0) is 31.7. The Balaban J connectivity index is 1.16. The van der Waals surface area contributed by atoms with Crippen LogP contribution < -0.4 is 10.6 Å². The average Bonchev–Trinajstić information content (AvgIpc) is 3.80. The smallest absolute Gasteiger partial charge is 0.330 e. The quantitative estimate of drug-likeness (QED) is 0.166. The van der Waals surface area contributed by atoms with Crippen LogP contribution in [0.4, 0.5) is 5.69 Å². The highest BCUT2D eigenvalue weighted by molar-refractivity contribution is 6.06. The summed E-state index contributed by atoms with van der Waals surface area (Å²) in [5.41, 5.74) is 6.22. The minimum atomic E-state index is -0.973. The maximum Gasteiger partial charge on any atom is 0.330 e. The van der Waals surface area contributed by atoms with Gasteiger partial charge in [-0.25, -0.2) is 4.79 Å². The Bertz CT molecular complexity index is 1800. The second-order valence-corrected chi connectivity index (χ2v) is 13.1. The highest BCUT2D eigenvalue weighted by Crippen LogP contribution is 2.45. The van der Waals surface area contributed by atoms with E-state index in [0.717, 1.165) is 43.4 Å². The maximum atomic E-state index is 14.0. The first kappa shape index (κ1) is 30.1. The zero-order valence-corrected chi connectivity index (χ0v) is 26.5. The number of rotatable bonds is 7. The van der Waals surface area contributed by atoms with Crippen molar-refractivity contribution in [1.29, 1.82) is 0 Å². The summed E-state index contributed by atoms with van der Waals surface area (Å²) in [6.07, 6.45) is 15.4. The van der Waals surface area contributed by atoms with Gasteiger partial charge in [0.1, 0.15) is 5.54 Å². The molecular formula is C38H42N4O4. The van der Waals surface area contributed by atoms with E-state index in [-0.39, 0.29) is 11.8 Å². The highest BCUT2D eigenvalue weighted by Gasteiger charge is 2.43. The van der Waals surface area contributed by atoms with Crippen LogP contribution in [0.15, 0.2) is 66.9 Å². The molecule has 0 radical (unpaired) electrons. The number of ether oxygens (including phenoxy) is 1. The molecule has 0 spiro atoms. The minimum Gasteiger partial charge on any atom is -0.466 e. The molecule has 3 heterocycles. The van der Waals surface area contributed by atoms with E-state index < -0.39 is 11.5 Å². The van der Waals surface area contributed by atoms with Gasteiger partial charge in [-0.3, -0.25) is 9.59 Å². The summed E-state index contributed by atoms with van der Waals surface area (Å²) >= 11 is 0. The molecule has 2 amide bonds. The summed E-state index contributed by atoms with van der Waals surface area (Å²) in [5.74, 6) is -0.317. The summed E-state index contributed by atoms with van der Waals surface area (Å²) in [4.78, 5) is 39.1. The second kappa shape index (κ2) is 12.7. The molecule has 2 fully saturated rings. The Morgan fingerprint density at radius 1 is 0.913 bits per heavy atom. The number of aromatic nitrogens is 2. The number of nitrogens with zero attached hydrogens (tertiary/aromatic N) is 2. The van der Waals surface area contributed by atoms with Crippen LogP contribution in [-0.4, -0.2) is 39.6 Å². The third kappa shape index (κ3) is 5.65. The molecule has 2 aromatic heterocycles. The SMILES string of the molecule is COC(=O)C=Cc1ccc(NC(=O)C2(NC(=O)c3ccc4c(C5CCCCC5)c5n(c4c3)CCCn3cccc3-5)CCCC2)cc1. The lowest BCUT2D eigenvalue weighted by molar-refractivity contribution is -0.134. The number of methoxy groups -OCH3 is 1. The maximum absolute atomic E-state index is 14.0. The normalized spacial score (nSPS) is 17.8. The molecule has 8 heteroatoms. The molecule has 238 valence electrons. The number of anilines is 1. The average molecular weight is 619 g/mol. The first-order chi connectivity index (χ1) is 22.5. The van der Waals surface area contributed by atoms with Gasteiger partial charge in [0.25, 0.3) is 5.91 Å². The first-order valence-electron chi connectivity index (χ1n) is 16.8. The predicted molar refractivity (Wildman–Crippen MR) is 181 cm³/mol. The van der Waals surface area contributed by atoms with Crippen LogP contribution in [0.2, 0.25) is 0 Å². The summed E-state index contributed by atoms with van der Waals surface area (Å²) < 4.78 is 9.48. The Morgan fingerprint density at radius 3 is 2.46 bits per heavy atom. The summed E-state index contributed by atoms with van der Waals surface area (Å²) in [7, 11) is 1.34. The molecular weight excluding hydrogens is 576 g/mol. The monoisotopic (exact) mass is 618 g/mol. The van der Waals surface area contributed by atoms with Crippen LogP contribution >= 0.6 is 0 Å². The third-order valence-corrected chi connectivity index (χ3v) is 10.3. The number of hydrogen-bond acceptors (Lipinski definition) is 4. The van der Waals surface area contributed by atoms with Gasteiger partial charge < -0.3 is 24.5 Å². The van der Waals surface area contributed by atoms with Gasteiger partial charge >= 0.3 is 5.97 Å². The van der Waals surface area contributed by atoms with E-state index in [4.69, 9.17) is 0 Å². The van der Waals surface area contributed by atoms with Crippen molar-refractivity contribution in [3.63, 3.8) is 0 Å². The fraction of sp³-hybridized carbons (Fsp3) is 0.395. The molecule has 2 N–H and O–H groups in total. The Morgan fingerprint density at radius 2 is 1.70 bits per heavy atom. The summed E-state index contributed by atoms with van der Waals surface area (Å²) in [6, 6.07) is 17.8. The lowest BCUT2D eigenvalue weighted by Gasteiger charge is -2.29. The number of nitrogens with one attached hydrogen (secondary N) is 2. The number of fused-ring (bicyclic) bond motifs is 5. The molecule has 7 rings (SSSR count). The fourth-order valence-corrected chi connectivity index (χ4v) is 7.89. The van der Waals surface area contributed by atoms with Gasteiger partial charge in [0, 0.05) is 47.5 Å². The highest BCUT2D eigenvalue weighted by atomic mass is 16.5. The molecule has 1 aliphatic heterocycles. The van der Waals surface area contributed by atoms with Crippen molar-refractivity contribution < 1.29 is 19.1 Å². The first-order valence-corrected chi connectivity index (χ1v) is 16.8. The van der Waals surface area contributed by atoms with Crippen molar-refractivity contribution in [3.8, 4) is 11.4 Å². The van der Waals surface area contributed by atoms with Crippen LogP contribution in [-0.2, 0) is 27.4 Å². The van der Waals surface area contributed by atoms with E-state index in [9.17, 15) is 14.4 Å². The van der Waals surface area contributed by atoms with Gasteiger partial charge in [-0.2, -0.15) is 0 Å². The zero-order valence-electron chi connectivity index (χ0n) is 26.5. The number of aryl methyl sites for hydroxylation is 2. The van der Waals surface area contributed by atoms with Crippen molar-refractivity contribution in [2.24, 2.45) is 0 Å². The lowest BCUT2D eigenvalue weighted by atomic mass is 9.82. The van der Waals surface area contributed by atoms with Crippen LogP contribution in [0.1, 0.15) is 91.6 Å². The van der Waals surface area contributed by atoms with Gasteiger partial charge in [0.15, 0.2) is 0 Å². The van der Waals surface area contributed by atoms with Crippen molar-refractivity contribution >= 4 is 40.4 Å². The van der Waals surface area contributed by atoms with Gasteiger partial charge in [-0.1, -0.05) is 50.3 Å². The van der Waals surface area contributed by atoms with E-state index >= 15 is 0 Å². The van der Waals surface area contributed by atoms with Gasteiger partial charge in [0.2, 0.25) is 5.91 Å². The molecule has 46 heavy (non-hydrogen) atoms. The van der Waals surface area contributed by atoms with E-state index in [1.54, 1.807) is 18.2 Å². The van der Waals surface area contributed by atoms with Gasteiger partial charge in [-0.15, -0.1) is 0 Å². The van der Waals surface area contributed by atoms with Gasteiger partial charge in [-0.05, 0) is 91.6 Å². The molecule has 0 bridgehead atoms. The largest absolute Gasteiger partial charge is 0.466 e. The van der Waals surface area contributed by atoms with Gasteiger partial charge in [0.05, 0.1) is 18.5 Å². The Kier molecular flexibility index (Phi) is 8.28. The molecule has 3 aliphatic rings. The number of esters is 1. The fourth-order valence-electron chi connectivity index (χ4n) is 7.89. The standard InChI is InChI=1S/C38H42N4O4/c1-46-33(43)19-14-26-12-16-29(17-13-26)39-37(45)38(20-5-6-21-38)40-36(44)28-15-18-30-32(25-28)42-24-8-23-41-22-7-11-31(41)35(42)34(30)27-9-3-2-4-10-27/h7,11-19,22,25,27H,2-6,8-10,20-21,23-24H2,1H3,(H,39,45)(H,40,44). The van der Waals surface area contributed by atoms with Crippen LogP contribution in [0.25, 0.3) is 28.4 Å². The van der Waals surface area contributed by atoms with Crippen LogP contribution in [0, 0.1) is 0 Å². The summed E-state index contributed by atoms with van der Waals surface area (Å²) in [6.45, 7) is 1.90. The van der Waals surface area contributed by atoms with E-state index in [1.807, 2.05) is 18.2 Å². The summed E-state index contributed by atoms with van der Waals surface area (Å²) in [5, 5.41) is 7.48. The topological polar surface area (TPSA) is 94.4 Å². The number of benzene rings is 2. The molecule has 2 aromatic carbocycles. The third-order valence-electron chi connectivity index (χ3n) is 10.3. The predicted octanol–water partition coefficient (Wildman–Crippen LogP) is 7.43.